The van der Waals surface area contributed by atoms with Crippen molar-refractivity contribution in [3.05, 3.63) is 60.7 Å². The molecule has 3 nitrogen and oxygen atoms in total. The number of nitrogens with one attached hydrogen (secondary N) is 1. The Morgan fingerprint density at radius 2 is 1.47 bits per heavy atom. The van der Waals surface area contributed by atoms with Crippen LogP contribution in [0.1, 0.15) is 0 Å². The van der Waals surface area contributed by atoms with Crippen molar-refractivity contribution in [1.29, 1.82) is 0 Å². The molecule has 98 valence electrons. The van der Waals surface area contributed by atoms with Gasteiger partial charge in [-0.25, -0.2) is 4.72 Å². The predicted molar refractivity (Wildman–Crippen MR) is 82.3 cm³/mol. The lowest BCUT2D eigenvalue weighted by Gasteiger charge is -2.17. The topological polar surface area (TPSA) is 49.3 Å². The molecule has 5 heteroatoms. The van der Waals surface area contributed by atoms with Crippen molar-refractivity contribution in [3.63, 3.8) is 0 Å². The van der Waals surface area contributed by atoms with Gasteiger partial charge in [0.1, 0.15) is 6.54 Å². The zero-order chi connectivity index (χ0) is 13.5. The first-order valence-corrected chi connectivity index (χ1v) is 8.55. The molecule has 19 heavy (non-hydrogen) atoms. The Balaban J connectivity index is 2.17. The van der Waals surface area contributed by atoms with Crippen molar-refractivity contribution in [1.82, 2.24) is 4.72 Å². The van der Waals surface area contributed by atoms with E-state index in [4.69, 9.17) is 5.11 Å². The highest BCUT2D eigenvalue weighted by Gasteiger charge is 2.14. The van der Waals surface area contributed by atoms with Crippen LogP contribution in [0, 0.1) is 0 Å². The normalized spacial score (nSPS) is 10.6. The molecule has 2 rings (SSSR count). The van der Waals surface area contributed by atoms with Crippen LogP contribution in [0.25, 0.3) is 0 Å². The molecule has 0 spiro atoms. The van der Waals surface area contributed by atoms with Gasteiger partial charge in [0.05, 0.1) is 0 Å². The van der Waals surface area contributed by atoms with E-state index in [-0.39, 0.29) is 6.54 Å². The number of hydrogen-bond donors (Lipinski definition) is 2. The van der Waals surface area contributed by atoms with E-state index in [2.05, 4.69) is 29.0 Å². The van der Waals surface area contributed by atoms with Crippen LogP contribution >= 0.6 is 18.7 Å². The largest absolute Gasteiger partial charge is 0.480 e. The second-order valence-corrected chi connectivity index (χ2v) is 7.51. The number of rotatable bonds is 6. The number of carboxylic acid groups (broad SMARTS) is 1. The Bertz CT molecular complexity index is 482. The number of hydrogen-bond acceptors (Lipinski definition) is 3. The van der Waals surface area contributed by atoms with E-state index in [0.717, 1.165) is 0 Å². The van der Waals surface area contributed by atoms with Gasteiger partial charge in [-0.1, -0.05) is 60.7 Å². The smallest absolute Gasteiger partial charge is 0.318 e. The highest BCUT2D eigenvalue weighted by atomic mass is 32.7. The van der Waals surface area contributed by atoms with Crippen molar-refractivity contribution in [2.24, 2.45) is 0 Å². The molecule has 0 heterocycles. The first-order valence-electron chi connectivity index (χ1n) is 5.79. The molecule has 0 unspecified atom stereocenters. The molecule has 2 aromatic rings. The summed E-state index contributed by atoms with van der Waals surface area (Å²) in [7, 11) is -0.639. The first kappa shape index (κ1) is 14.1. The van der Waals surface area contributed by atoms with E-state index in [9.17, 15) is 4.79 Å². The Hall–Kier alpha value is -1.35. The van der Waals surface area contributed by atoms with Gasteiger partial charge in [-0.3, -0.25) is 4.79 Å². The van der Waals surface area contributed by atoms with Crippen LogP contribution in [0.3, 0.4) is 0 Å². The number of benzene rings is 2. The maximum atomic E-state index is 10.6. The zero-order valence-electron chi connectivity index (χ0n) is 10.2. The van der Waals surface area contributed by atoms with E-state index in [0.29, 0.717) is 0 Å². The average molecular weight is 291 g/mol. The lowest BCUT2D eigenvalue weighted by atomic mass is 10.4. The maximum Gasteiger partial charge on any atom is 0.318 e. The summed E-state index contributed by atoms with van der Waals surface area (Å²) in [5.74, 6) is -0.844. The molecule has 0 amide bonds. The van der Waals surface area contributed by atoms with Crippen LogP contribution in [0.15, 0.2) is 60.7 Å². The van der Waals surface area contributed by atoms with Crippen molar-refractivity contribution >= 4 is 35.3 Å². The molecule has 0 atom stereocenters. The lowest BCUT2D eigenvalue weighted by molar-refractivity contribution is -0.135. The van der Waals surface area contributed by atoms with Crippen molar-refractivity contribution in [2.45, 2.75) is 0 Å². The van der Waals surface area contributed by atoms with E-state index in [1.807, 2.05) is 36.4 Å². The second-order valence-electron chi connectivity index (χ2n) is 3.77. The monoisotopic (exact) mass is 291 g/mol. The van der Waals surface area contributed by atoms with Crippen LogP contribution in [-0.2, 0) is 4.79 Å². The van der Waals surface area contributed by atoms with Gasteiger partial charge in [0, 0.05) is 7.12 Å². The van der Waals surface area contributed by atoms with E-state index >= 15 is 0 Å². The molecule has 0 saturated heterocycles. The summed E-state index contributed by atoms with van der Waals surface area (Å²) in [6.45, 7) is -0.0385. The number of carboxylic acids is 1. The minimum atomic E-state index is -0.844. The maximum absolute atomic E-state index is 10.6. The quantitative estimate of drug-likeness (QED) is 0.633. The first-order chi connectivity index (χ1) is 9.27. The second kappa shape index (κ2) is 7.29. The molecule has 0 aliphatic carbocycles. The molecular weight excluding hydrogens is 277 g/mol. The van der Waals surface area contributed by atoms with Crippen LogP contribution in [0.5, 0.6) is 0 Å². The van der Waals surface area contributed by atoms with Crippen molar-refractivity contribution in [2.75, 3.05) is 6.54 Å². The SMILES string of the molecule is O=C(O)CNSP(c1ccccc1)c1ccccc1. The summed E-state index contributed by atoms with van der Waals surface area (Å²) in [6.07, 6.45) is 0. The molecule has 0 aliphatic rings. The zero-order valence-corrected chi connectivity index (χ0v) is 11.9. The fourth-order valence-corrected chi connectivity index (χ4v) is 5.20. The minimum Gasteiger partial charge on any atom is -0.480 e. The summed E-state index contributed by atoms with van der Waals surface area (Å²) >= 11 is 1.49. The van der Waals surface area contributed by atoms with Gasteiger partial charge >= 0.3 is 5.97 Å². The highest BCUT2D eigenvalue weighted by Crippen LogP contribution is 2.45. The Morgan fingerprint density at radius 1 is 1.00 bits per heavy atom. The number of carbonyl (C=O) groups is 1. The Morgan fingerprint density at radius 3 is 1.89 bits per heavy atom. The summed E-state index contributed by atoms with van der Waals surface area (Å²) in [6, 6.07) is 20.3. The van der Waals surface area contributed by atoms with Crippen LogP contribution in [0.2, 0.25) is 0 Å². The predicted octanol–water partition coefficient (Wildman–Crippen LogP) is 2.36. The molecule has 0 radical (unpaired) electrons. The van der Waals surface area contributed by atoms with E-state index < -0.39 is 13.1 Å². The average Bonchev–Trinajstić information content (AvgIpc) is 2.45. The van der Waals surface area contributed by atoms with Gasteiger partial charge in [-0.05, 0) is 22.2 Å². The molecule has 0 aromatic heterocycles. The molecule has 2 N–H and O–H groups in total. The van der Waals surface area contributed by atoms with Crippen molar-refractivity contribution < 1.29 is 9.90 Å². The lowest BCUT2D eigenvalue weighted by Crippen LogP contribution is -2.18. The Labute approximate surface area is 117 Å². The third kappa shape index (κ3) is 4.35. The Kier molecular flexibility index (Phi) is 5.40. The fraction of sp³-hybridized carbons (Fsp3) is 0.0714. The standard InChI is InChI=1S/C14H14NO2PS/c16-14(17)11-15-19-18(12-7-3-1-4-8-12)13-9-5-2-6-10-13/h1-10,15H,11H2,(H,16,17). The van der Waals surface area contributed by atoms with Gasteiger partial charge in [-0.15, -0.1) is 0 Å². The molecule has 0 fully saturated rings. The molecular formula is C14H14NO2PS. The van der Waals surface area contributed by atoms with E-state index in [1.165, 1.54) is 22.2 Å². The number of aliphatic carboxylic acids is 1. The van der Waals surface area contributed by atoms with Crippen LogP contribution in [0.4, 0.5) is 0 Å². The van der Waals surface area contributed by atoms with Gasteiger partial charge in [0.25, 0.3) is 0 Å². The van der Waals surface area contributed by atoms with Gasteiger partial charge < -0.3 is 5.11 Å². The van der Waals surface area contributed by atoms with E-state index in [1.54, 1.807) is 0 Å². The third-order valence-electron chi connectivity index (χ3n) is 2.36. The summed E-state index contributed by atoms with van der Waals surface area (Å²) in [4.78, 5) is 10.6. The summed E-state index contributed by atoms with van der Waals surface area (Å²) in [5, 5.41) is 11.1. The fourth-order valence-electron chi connectivity index (χ4n) is 1.54. The summed E-state index contributed by atoms with van der Waals surface area (Å²) in [5.41, 5.74) is 0. The third-order valence-corrected chi connectivity index (χ3v) is 6.55. The van der Waals surface area contributed by atoms with Gasteiger partial charge in [0.2, 0.25) is 0 Å². The van der Waals surface area contributed by atoms with Crippen LogP contribution in [-0.4, -0.2) is 17.6 Å². The highest BCUT2D eigenvalue weighted by molar-refractivity contribution is 8.59. The van der Waals surface area contributed by atoms with Gasteiger partial charge in [0.15, 0.2) is 0 Å². The summed E-state index contributed by atoms with van der Waals surface area (Å²) < 4.78 is 2.93. The minimum absolute atomic E-state index is 0.0385. The molecule has 0 saturated carbocycles. The molecule has 2 aromatic carbocycles. The molecule has 0 aliphatic heterocycles. The molecule has 0 bridgehead atoms. The van der Waals surface area contributed by atoms with Crippen molar-refractivity contribution in [3.8, 4) is 0 Å². The van der Waals surface area contributed by atoms with Gasteiger partial charge in [-0.2, -0.15) is 0 Å². The van der Waals surface area contributed by atoms with Crippen LogP contribution < -0.4 is 15.3 Å².